The lowest BCUT2D eigenvalue weighted by molar-refractivity contribution is 0.115. The van der Waals surface area contributed by atoms with E-state index in [2.05, 4.69) is 4.74 Å². The summed E-state index contributed by atoms with van der Waals surface area (Å²) >= 11 is 0. The van der Waals surface area contributed by atoms with E-state index in [1.165, 1.54) is 19.2 Å². The molecule has 1 atom stereocenters. The Hall–Kier alpha value is -1.23. The lowest BCUT2D eigenvalue weighted by Gasteiger charge is -2.14. The molecule has 0 bridgehead atoms. The third-order valence-electron chi connectivity index (χ3n) is 1.83. The SMILES string of the molecule is COc1c(F)cccc1[C@H](N)C(F)F. The Morgan fingerprint density at radius 3 is 2.50 bits per heavy atom. The number of benzene rings is 1. The molecular weight excluding hydrogens is 195 g/mol. The molecule has 0 fully saturated rings. The first-order chi connectivity index (χ1) is 6.57. The van der Waals surface area contributed by atoms with Crippen LogP contribution in [0.2, 0.25) is 0 Å². The number of rotatable bonds is 3. The zero-order valence-corrected chi connectivity index (χ0v) is 7.51. The lowest BCUT2D eigenvalue weighted by Crippen LogP contribution is -2.20. The summed E-state index contributed by atoms with van der Waals surface area (Å²) in [6.07, 6.45) is -2.74. The highest BCUT2D eigenvalue weighted by Gasteiger charge is 2.22. The van der Waals surface area contributed by atoms with Gasteiger partial charge in [0.2, 0.25) is 0 Å². The first-order valence-corrected chi connectivity index (χ1v) is 3.94. The van der Waals surface area contributed by atoms with Crippen molar-refractivity contribution in [2.45, 2.75) is 12.5 Å². The van der Waals surface area contributed by atoms with Gasteiger partial charge in [-0.15, -0.1) is 0 Å². The third-order valence-corrected chi connectivity index (χ3v) is 1.83. The minimum Gasteiger partial charge on any atom is -0.493 e. The van der Waals surface area contributed by atoms with Crippen LogP contribution in [0.25, 0.3) is 0 Å². The Kier molecular flexibility index (Phi) is 3.35. The molecule has 0 aromatic heterocycles. The minimum absolute atomic E-state index is 0.0255. The first kappa shape index (κ1) is 10.8. The fourth-order valence-corrected chi connectivity index (χ4v) is 1.14. The van der Waals surface area contributed by atoms with E-state index >= 15 is 0 Å². The van der Waals surface area contributed by atoms with Gasteiger partial charge in [0, 0.05) is 5.56 Å². The molecule has 0 unspecified atom stereocenters. The van der Waals surface area contributed by atoms with Crippen LogP contribution in [0.1, 0.15) is 11.6 Å². The highest BCUT2D eigenvalue weighted by Crippen LogP contribution is 2.29. The van der Waals surface area contributed by atoms with Gasteiger partial charge >= 0.3 is 0 Å². The van der Waals surface area contributed by atoms with Crippen LogP contribution in [0.15, 0.2) is 18.2 Å². The molecule has 0 aliphatic rings. The van der Waals surface area contributed by atoms with Crippen LogP contribution in [0, 0.1) is 5.82 Å². The van der Waals surface area contributed by atoms with Crippen molar-refractivity contribution in [1.29, 1.82) is 0 Å². The number of methoxy groups -OCH3 is 1. The number of para-hydroxylation sites is 1. The average molecular weight is 205 g/mol. The largest absolute Gasteiger partial charge is 0.493 e. The van der Waals surface area contributed by atoms with E-state index in [1.807, 2.05) is 0 Å². The molecule has 1 aromatic rings. The van der Waals surface area contributed by atoms with E-state index in [-0.39, 0.29) is 11.3 Å². The smallest absolute Gasteiger partial charge is 0.257 e. The lowest BCUT2D eigenvalue weighted by atomic mass is 10.1. The number of alkyl halides is 2. The van der Waals surface area contributed by atoms with Crippen molar-refractivity contribution in [3.05, 3.63) is 29.6 Å². The Morgan fingerprint density at radius 2 is 2.00 bits per heavy atom. The van der Waals surface area contributed by atoms with Crippen LogP contribution in [0.4, 0.5) is 13.2 Å². The number of hydrogen-bond donors (Lipinski definition) is 1. The predicted molar refractivity (Wildman–Crippen MR) is 45.9 cm³/mol. The molecule has 2 nitrogen and oxygen atoms in total. The van der Waals surface area contributed by atoms with Crippen molar-refractivity contribution in [3.8, 4) is 5.75 Å². The number of halogens is 3. The van der Waals surface area contributed by atoms with Gasteiger partial charge in [-0.05, 0) is 6.07 Å². The van der Waals surface area contributed by atoms with Crippen LogP contribution in [0.5, 0.6) is 5.75 Å². The Bertz CT molecular complexity index is 317. The monoisotopic (exact) mass is 205 g/mol. The maximum atomic E-state index is 13.0. The van der Waals surface area contributed by atoms with Crippen LogP contribution >= 0.6 is 0 Å². The summed E-state index contributed by atoms with van der Waals surface area (Å²) in [7, 11) is 1.21. The topological polar surface area (TPSA) is 35.2 Å². The highest BCUT2D eigenvalue weighted by molar-refractivity contribution is 5.37. The van der Waals surface area contributed by atoms with E-state index in [9.17, 15) is 13.2 Å². The summed E-state index contributed by atoms with van der Waals surface area (Å²) < 4.78 is 42.2. The molecule has 0 saturated heterocycles. The van der Waals surface area contributed by atoms with E-state index in [4.69, 9.17) is 5.73 Å². The maximum absolute atomic E-state index is 13.0. The van der Waals surface area contributed by atoms with E-state index in [1.54, 1.807) is 0 Å². The summed E-state index contributed by atoms with van der Waals surface area (Å²) in [6, 6.07) is 2.23. The number of ether oxygens (including phenoxy) is 1. The maximum Gasteiger partial charge on any atom is 0.257 e. The molecule has 0 saturated carbocycles. The van der Waals surface area contributed by atoms with Gasteiger partial charge in [-0.25, -0.2) is 13.2 Å². The molecule has 0 heterocycles. The van der Waals surface area contributed by atoms with E-state index in [0.717, 1.165) is 6.07 Å². The standard InChI is InChI=1S/C9H10F3NO/c1-14-8-5(7(13)9(11)12)3-2-4-6(8)10/h2-4,7,9H,13H2,1H3/t7-/m0/s1. The molecule has 0 radical (unpaired) electrons. The zero-order chi connectivity index (χ0) is 10.7. The summed E-state index contributed by atoms with van der Waals surface area (Å²) in [5, 5.41) is 0. The van der Waals surface area contributed by atoms with Gasteiger partial charge in [0.05, 0.1) is 13.2 Å². The third kappa shape index (κ3) is 1.98. The Balaban J connectivity index is 3.13. The van der Waals surface area contributed by atoms with Crippen molar-refractivity contribution < 1.29 is 17.9 Å². The predicted octanol–water partition coefficient (Wildman–Crippen LogP) is 2.10. The van der Waals surface area contributed by atoms with Crippen molar-refractivity contribution >= 4 is 0 Å². The van der Waals surface area contributed by atoms with Crippen molar-refractivity contribution in [2.24, 2.45) is 5.73 Å². The van der Waals surface area contributed by atoms with Gasteiger partial charge in [0.25, 0.3) is 6.43 Å². The van der Waals surface area contributed by atoms with Crippen LogP contribution in [-0.4, -0.2) is 13.5 Å². The molecule has 2 N–H and O–H groups in total. The summed E-state index contributed by atoms with van der Waals surface area (Å²) in [5.74, 6) is -0.915. The summed E-state index contributed by atoms with van der Waals surface area (Å²) in [6.45, 7) is 0. The Morgan fingerprint density at radius 1 is 1.36 bits per heavy atom. The quantitative estimate of drug-likeness (QED) is 0.820. The molecule has 0 amide bonds. The molecular formula is C9H10F3NO. The fraction of sp³-hybridized carbons (Fsp3) is 0.333. The highest BCUT2D eigenvalue weighted by atomic mass is 19.3. The molecule has 0 spiro atoms. The van der Waals surface area contributed by atoms with Gasteiger partial charge < -0.3 is 10.5 Å². The molecule has 78 valence electrons. The second kappa shape index (κ2) is 4.32. The van der Waals surface area contributed by atoms with Crippen LogP contribution in [0.3, 0.4) is 0 Å². The van der Waals surface area contributed by atoms with Crippen molar-refractivity contribution in [1.82, 2.24) is 0 Å². The first-order valence-electron chi connectivity index (χ1n) is 3.94. The van der Waals surface area contributed by atoms with E-state index in [0.29, 0.717) is 0 Å². The van der Waals surface area contributed by atoms with Gasteiger partial charge in [0.1, 0.15) is 0 Å². The van der Waals surface area contributed by atoms with Gasteiger partial charge in [-0.1, -0.05) is 12.1 Å². The second-order valence-corrected chi connectivity index (χ2v) is 2.72. The molecule has 1 aromatic carbocycles. The van der Waals surface area contributed by atoms with Crippen LogP contribution in [-0.2, 0) is 0 Å². The molecule has 14 heavy (non-hydrogen) atoms. The molecule has 0 aliphatic heterocycles. The Labute approximate surface area is 79.5 Å². The van der Waals surface area contributed by atoms with E-state index < -0.39 is 18.3 Å². The summed E-state index contributed by atoms with van der Waals surface area (Å²) in [5.41, 5.74) is 5.16. The van der Waals surface area contributed by atoms with Crippen LogP contribution < -0.4 is 10.5 Å². The molecule has 1 rings (SSSR count). The molecule has 5 heteroatoms. The van der Waals surface area contributed by atoms with Gasteiger partial charge in [-0.3, -0.25) is 0 Å². The average Bonchev–Trinajstić information content (AvgIpc) is 2.16. The summed E-state index contributed by atoms with van der Waals surface area (Å²) in [4.78, 5) is 0. The number of hydrogen-bond acceptors (Lipinski definition) is 2. The van der Waals surface area contributed by atoms with Gasteiger partial charge in [-0.2, -0.15) is 0 Å². The zero-order valence-electron chi connectivity index (χ0n) is 7.51. The molecule has 0 aliphatic carbocycles. The minimum atomic E-state index is -2.74. The second-order valence-electron chi connectivity index (χ2n) is 2.72. The van der Waals surface area contributed by atoms with Gasteiger partial charge in [0.15, 0.2) is 11.6 Å². The van der Waals surface area contributed by atoms with Crippen molar-refractivity contribution in [2.75, 3.05) is 7.11 Å². The number of nitrogens with two attached hydrogens (primary N) is 1. The fourth-order valence-electron chi connectivity index (χ4n) is 1.14. The normalized spacial score (nSPS) is 13.0. The van der Waals surface area contributed by atoms with Crippen molar-refractivity contribution in [3.63, 3.8) is 0 Å².